The lowest BCUT2D eigenvalue weighted by molar-refractivity contribution is -0.105. The highest BCUT2D eigenvalue weighted by molar-refractivity contribution is 5.81. The predicted molar refractivity (Wildman–Crippen MR) is 43.9 cm³/mol. The van der Waals surface area contributed by atoms with Crippen molar-refractivity contribution >= 4 is 6.29 Å². The topological polar surface area (TPSA) is 17.1 Å². The van der Waals surface area contributed by atoms with E-state index in [0.717, 1.165) is 30.6 Å². The van der Waals surface area contributed by atoms with Crippen molar-refractivity contribution < 1.29 is 4.79 Å². The first-order valence-electron chi connectivity index (χ1n) is 4.18. The van der Waals surface area contributed by atoms with E-state index in [1.54, 1.807) is 0 Å². The lowest BCUT2D eigenvalue weighted by Crippen LogP contribution is -2.46. The minimum atomic E-state index is 0.324. The molecule has 0 aromatic heterocycles. The van der Waals surface area contributed by atoms with Crippen molar-refractivity contribution in [1.29, 1.82) is 0 Å². The minimum absolute atomic E-state index is 0.324. The van der Waals surface area contributed by atoms with Gasteiger partial charge in [-0.15, -0.1) is 0 Å². The highest BCUT2D eigenvalue weighted by Gasteiger charge is 2.51. The van der Waals surface area contributed by atoms with Crippen LogP contribution in [-0.2, 0) is 4.79 Å². The summed E-state index contributed by atoms with van der Waals surface area (Å²) in [5.74, 6) is 2.19. The lowest BCUT2D eigenvalue weighted by atomic mass is 9.49. The number of allylic oxidation sites excluding steroid dienone is 2. The Kier molecular flexibility index (Phi) is 1.26. The number of aldehydes is 1. The van der Waals surface area contributed by atoms with E-state index in [1.807, 2.05) is 0 Å². The van der Waals surface area contributed by atoms with Crippen LogP contribution in [0.5, 0.6) is 0 Å². The van der Waals surface area contributed by atoms with Crippen molar-refractivity contribution in [3.8, 4) is 0 Å². The van der Waals surface area contributed by atoms with Crippen LogP contribution < -0.4 is 0 Å². The number of hydrogen-bond acceptors (Lipinski definition) is 1. The predicted octanol–water partition coefficient (Wildman–Crippen LogP) is 2.14. The molecule has 1 radical (unpaired) electrons. The normalized spacial score (nSPS) is 34.0. The first-order valence-corrected chi connectivity index (χ1v) is 4.18. The van der Waals surface area contributed by atoms with Crippen molar-refractivity contribution in [3.63, 3.8) is 0 Å². The van der Waals surface area contributed by atoms with Gasteiger partial charge in [0.05, 0.1) is 0 Å². The molecule has 1 atom stereocenters. The Labute approximate surface area is 67.5 Å². The summed E-state index contributed by atoms with van der Waals surface area (Å²) in [6.45, 7) is 4.49. The van der Waals surface area contributed by atoms with Crippen molar-refractivity contribution in [3.05, 3.63) is 17.6 Å². The first-order chi connectivity index (χ1) is 5.16. The average Bonchev–Trinajstić information content (AvgIpc) is 2.04. The zero-order valence-electron chi connectivity index (χ0n) is 7.05. The van der Waals surface area contributed by atoms with E-state index in [4.69, 9.17) is 0 Å². The molecular formula is C10H13O. The van der Waals surface area contributed by atoms with E-state index in [2.05, 4.69) is 19.9 Å². The van der Waals surface area contributed by atoms with Gasteiger partial charge in [0.1, 0.15) is 6.29 Å². The third-order valence-corrected chi connectivity index (χ3v) is 3.35. The minimum Gasteiger partial charge on any atom is -0.298 e. The van der Waals surface area contributed by atoms with Crippen molar-refractivity contribution in [2.24, 2.45) is 11.3 Å². The largest absolute Gasteiger partial charge is 0.298 e. The van der Waals surface area contributed by atoms with Gasteiger partial charge in [0.25, 0.3) is 0 Å². The average molecular weight is 149 g/mol. The molecule has 0 aliphatic heterocycles. The molecule has 3 rings (SSSR count). The molecule has 0 spiro atoms. The van der Waals surface area contributed by atoms with Crippen LogP contribution in [0.4, 0.5) is 0 Å². The van der Waals surface area contributed by atoms with Gasteiger partial charge in [-0.25, -0.2) is 0 Å². The fourth-order valence-electron chi connectivity index (χ4n) is 2.26. The third-order valence-electron chi connectivity index (χ3n) is 3.35. The Balaban J connectivity index is 2.30. The molecule has 0 aromatic carbocycles. The molecule has 1 nitrogen and oxygen atoms in total. The molecule has 1 saturated carbocycles. The second-order valence-corrected chi connectivity index (χ2v) is 4.11. The van der Waals surface area contributed by atoms with E-state index < -0.39 is 0 Å². The second kappa shape index (κ2) is 1.96. The number of fused-ring (bicyclic) bond motifs is 1. The Morgan fingerprint density at radius 2 is 2.36 bits per heavy atom. The molecule has 11 heavy (non-hydrogen) atoms. The fraction of sp³-hybridized carbons (Fsp3) is 0.600. The summed E-state index contributed by atoms with van der Waals surface area (Å²) in [6.07, 6.45) is 5.36. The molecule has 3 aliphatic carbocycles. The standard InChI is InChI=1S/C10H13O/c1-10(2)8-4-3-7(6-11)9(10)5-8/h3,6,8H,4-5H2,1-2H3. The molecule has 1 fully saturated rings. The lowest BCUT2D eigenvalue weighted by Gasteiger charge is -2.54. The highest BCUT2D eigenvalue weighted by Crippen LogP contribution is 2.60. The van der Waals surface area contributed by atoms with Gasteiger partial charge in [-0.05, 0) is 29.7 Å². The van der Waals surface area contributed by atoms with E-state index in [9.17, 15) is 4.79 Å². The van der Waals surface area contributed by atoms with E-state index >= 15 is 0 Å². The molecule has 1 unspecified atom stereocenters. The summed E-state index contributed by atoms with van der Waals surface area (Å²) >= 11 is 0. The summed E-state index contributed by atoms with van der Waals surface area (Å²) in [5, 5.41) is 0. The SMILES string of the molecule is CC1(C)[C]2CC1CC=C2C=O. The number of rotatable bonds is 1. The Morgan fingerprint density at radius 3 is 2.73 bits per heavy atom. The van der Waals surface area contributed by atoms with Gasteiger partial charge >= 0.3 is 0 Å². The zero-order valence-corrected chi connectivity index (χ0v) is 7.05. The van der Waals surface area contributed by atoms with Crippen LogP contribution >= 0.6 is 0 Å². The molecule has 59 valence electrons. The van der Waals surface area contributed by atoms with E-state index in [0.29, 0.717) is 5.41 Å². The Hall–Kier alpha value is -0.590. The smallest absolute Gasteiger partial charge is 0.146 e. The van der Waals surface area contributed by atoms with Gasteiger partial charge in [-0.2, -0.15) is 0 Å². The number of carbonyl (C=O) groups excluding carboxylic acids is 1. The Morgan fingerprint density at radius 1 is 1.64 bits per heavy atom. The van der Waals surface area contributed by atoms with Gasteiger partial charge in [0.15, 0.2) is 0 Å². The van der Waals surface area contributed by atoms with Gasteiger partial charge in [0.2, 0.25) is 0 Å². The van der Waals surface area contributed by atoms with Crippen LogP contribution in [0.25, 0.3) is 0 Å². The van der Waals surface area contributed by atoms with Crippen LogP contribution in [0.1, 0.15) is 26.7 Å². The molecule has 0 amide bonds. The summed E-state index contributed by atoms with van der Waals surface area (Å²) in [4.78, 5) is 10.6. The molecular weight excluding hydrogens is 136 g/mol. The maximum Gasteiger partial charge on any atom is 0.146 e. The molecule has 0 saturated heterocycles. The summed E-state index contributed by atoms with van der Waals surface area (Å²) in [7, 11) is 0. The van der Waals surface area contributed by atoms with Gasteiger partial charge in [-0.1, -0.05) is 19.9 Å². The summed E-state index contributed by atoms with van der Waals surface area (Å²) in [6, 6.07) is 0. The maximum atomic E-state index is 10.6. The molecule has 3 aliphatic rings. The third kappa shape index (κ3) is 0.741. The van der Waals surface area contributed by atoms with Crippen molar-refractivity contribution in [1.82, 2.24) is 0 Å². The maximum absolute atomic E-state index is 10.6. The summed E-state index contributed by atoms with van der Waals surface area (Å²) < 4.78 is 0. The molecule has 0 heterocycles. The molecule has 1 heteroatoms. The van der Waals surface area contributed by atoms with Gasteiger partial charge in [-0.3, -0.25) is 4.79 Å². The van der Waals surface area contributed by atoms with E-state index in [1.165, 1.54) is 5.92 Å². The molecule has 0 N–H and O–H groups in total. The van der Waals surface area contributed by atoms with E-state index in [-0.39, 0.29) is 0 Å². The van der Waals surface area contributed by atoms with Crippen LogP contribution in [0.3, 0.4) is 0 Å². The van der Waals surface area contributed by atoms with Crippen LogP contribution in [0.15, 0.2) is 11.6 Å². The fourth-order valence-corrected chi connectivity index (χ4v) is 2.26. The molecule has 2 bridgehead atoms. The highest BCUT2D eigenvalue weighted by atomic mass is 16.1. The van der Waals surface area contributed by atoms with Crippen LogP contribution in [0.2, 0.25) is 0 Å². The Bertz CT molecular complexity index is 225. The van der Waals surface area contributed by atoms with Crippen LogP contribution in [0, 0.1) is 17.3 Å². The van der Waals surface area contributed by atoms with Crippen molar-refractivity contribution in [2.45, 2.75) is 26.7 Å². The monoisotopic (exact) mass is 149 g/mol. The number of carbonyl (C=O) groups is 1. The quantitative estimate of drug-likeness (QED) is 0.522. The van der Waals surface area contributed by atoms with Crippen molar-refractivity contribution in [2.75, 3.05) is 0 Å². The first kappa shape index (κ1) is 7.08. The molecule has 0 aromatic rings. The number of hydrogen-bond donors (Lipinski definition) is 0. The van der Waals surface area contributed by atoms with Gasteiger partial charge < -0.3 is 0 Å². The van der Waals surface area contributed by atoms with Gasteiger partial charge in [0, 0.05) is 5.92 Å². The second-order valence-electron chi connectivity index (χ2n) is 4.11. The summed E-state index contributed by atoms with van der Waals surface area (Å²) in [5.41, 5.74) is 1.29. The van der Waals surface area contributed by atoms with Crippen LogP contribution in [-0.4, -0.2) is 6.29 Å². The zero-order chi connectivity index (χ0) is 8.06.